The van der Waals surface area contributed by atoms with E-state index in [9.17, 15) is 0 Å². The SMILES string of the molecule is CC(C#N)CN(C)Cn1nc(-c2ccc(C(C)(C)C)cc2)oc1=S. The molecule has 5 nitrogen and oxygen atoms in total. The highest BCUT2D eigenvalue weighted by Gasteiger charge is 2.15. The van der Waals surface area contributed by atoms with Crippen molar-refractivity contribution in [2.45, 2.75) is 39.8 Å². The molecule has 1 atom stereocenters. The van der Waals surface area contributed by atoms with Crippen LogP contribution >= 0.6 is 12.2 Å². The first-order valence-corrected chi connectivity index (χ1v) is 8.38. The quantitative estimate of drug-likeness (QED) is 0.760. The summed E-state index contributed by atoms with van der Waals surface area (Å²) in [6.07, 6.45) is 0. The van der Waals surface area contributed by atoms with Crippen LogP contribution in [0.15, 0.2) is 28.7 Å². The largest absolute Gasteiger partial charge is 0.409 e. The third kappa shape index (κ3) is 4.53. The van der Waals surface area contributed by atoms with Gasteiger partial charge in [-0.15, -0.1) is 5.10 Å². The molecule has 0 radical (unpaired) electrons. The second-order valence-corrected chi connectivity index (χ2v) is 7.56. The van der Waals surface area contributed by atoms with Gasteiger partial charge < -0.3 is 4.42 Å². The van der Waals surface area contributed by atoms with Crippen molar-refractivity contribution in [2.24, 2.45) is 5.92 Å². The van der Waals surface area contributed by atoms with E-state index >= 15 is 0 Å². The smallest absolute Gasteiger partial charge is 0.288 e. The van der Waals surface area contributed by atoms with Gasteiger partial charge in [-0.1, -0.05) is 32.9 Å². The van der Waals surface area contributed by atoms with Crippen molar-refractivity contribution in [3.05, 3.63) is 34.7 Å². The molecule has 0 aliphatic carbocycles. The Kier molecular flexibility index (Phi) is 5.58. The fraction of sp³-hybridized carbons (Fsp3) is 0.500. The average molecular weight is 344 g/mol. The summed E-state index contributed by atoms with van der Waals surface area (Å²) >= 11 is 5.26. The van der Waals surface area contributed by atoms with Gasteiger partial charge in [-0.05, 0) is 49.3 Å². The van der Waals surface area contributed by atoms with Crippen molar-refractivity contribution in [2.75, 3.05) is 13.6 Å². The lowest BCUT2D eigenvalue weighted by atomic mass is 9.87. The van der Waals surface area contributed by atoms with Crippen LogP contribution in [0.3, 0.4) is 0 Å². The minimum atomic E-state index is -0.0412. The van der Waals surface area contributed by atoms with Crippen molar-refractivity contribution in [3.8, 4) is 17.5 Å². The Bertz CT molecular complexity index is 777. The van der Waals surface area contributed by atoms with Crippen LogP contribution in [0, 0.1) is 22.1 Å². The summed E-state index contributed by atoms with van der Waals surface area (Å²) in [5, 5.41) is 13.4. The Labute approximate surface area is 148 Å². The topological polar surface area (TPSA) is 58.0 Å². The van der Waals surface area contributed by atoms with Crippen molar-refractivity contribution < 1.29 is 4.42 Å². The summed E-state index contributed by atoms with van der Waals surface area (Å²) in [5.74, 6) is 0.475. The van der Waals surface area contributed by atoms with Crippen molar-refractivity contribution in [3.63, 3.8) is 0 Å². The number of nitrogens with zero attached hydrogens (tertiary/aromatic N) is 4. The van der Waals surface area contributed by atoms with Gasteiger partial charge in [-0.2, -0.15) is 5.26 Å². The zero-order valence-electron chi connectivity index (χ0n) is 14.9. The average Bonchev–Trinajstić information content (AvgIpc) is 2.87. The Balaban J connectivity index is 2.17. The third-order valence-electron chi connectivity index (χ3n) is 3.79. The minimum Gasteiger partial charge on any atom is -0.409 e. The van der Waals surface area contributed by atoms with Gasteiger partial charge in [0.2, 0.25) is 5.89 Å². The first kappa shape index (κ1) is 18.4. The van der Waals surface area contributed by atoms with E-state index in [1.807, 2.05) is 31.0 Å². The molecule has 0 spiro atoms. The zero-order chi connectivity index (χ0) is 17.9. The summed E-state index contributed by atoms with van der Waals surface area (Å²) in [6, 6.07) is 10.4. The molecular formula is C18H24N4OS. The molecule has 1 heterocycles. The molecule has 128 valence electrons. The number of hydrogen-bond acceptors (Lipinski definition) is 5. The fourth-order valence-corrected chi connectivity index (χ4v) is 2.60. The molecule has 0 amide bonds. The van der Waals surface area contributed by atoms with Gasteiger partial charge in [0.05, 0.1) is 18.7 Å². The predicted molar refractivity (Wildman–Crippen MR) is 96.9 cm³/mol. The van der Waals surface area contributed by atoms with Crippen LogP contribution in [0.25, 0.3) is 11.5 Å². The lowest BCUT2D eigenvalue weighted by Gasteiger charge is -2.18. The number of hydrogen-bond donors (Lipinski definition) is 0. The van der Waals surface area contributed by atoms with E-state index < -0.39 is 0 Å². The molecule has 6 heteroatoms. The van der Waals surface area contributed by atoms with Gasteiger partial charge in [0.15, 0.2) is 0 Å². The lowest BCUT2D eigenvalue weighted by Crippen LogP contribution is -2.27. The summed E-state index contributed by atoms with van der Waals surface area (Å²) in [5.41, 5.74) is 2.27. The van der Waals surface area contributed by atoms with Crippen LogP contribution in [0.1, 0.15) is 33.3 Å². The van der Waals surface area contributed by atoms with Crippen LogP contribution in [-0.2, 0) is 12.1 Å². The van der Waals surface area contributed by atoms with Crippen molar-refractivity contribution in [1.82, 2.24) is 14.7 Å². The molecule has 0 N–H and O–H groups in total. The first-order chi connectivity index (χ1) is 11.2. The van der Waals surface area contributed by atoms with E-state index in [4.69, 9.17) is 21.9 Å². The van der Waals surface area contributed by atoms with E-state index in [-0.39, 0.29) is 11.3 Å². The van der Waals surface area contributed by atoms with Gasteiger partial charge in [-0.3, -0.25) is 4.90 Å². The van der Waals surface area contributed by atoms with Gasteiger partial charge >= 0.3 is 0 Å². The summed E-state index contributed by atoms with van der Waals surface area (Å²) < 4.78 is 7.28. The van der Waals surface area contributed by atoms with E-state index in [1.54, 1.807) is 4.68 Å². The molecule has 0 aliphatic heterocycles. The first-order valence-electron chi connectivity index (χ1n) is 7.97. The van der Waals surface area contributed by atoms with Crippen LogP contribution < -0.4 is 0 Å². The molecule has 0 fully saturated rings. The van der Waals surface area contributed by atoms with Gasteiger partial charge in [0.25, 0.3) is 4.84 Å². The van der Waals surface area contributed by atoms with E-state index in [1.165, 1.54) is 5.56 Å². The van der Waals surface area contributed by atoms with Crippen LogP contribution in [0.4, 0.5) is 0 Å². The maximum atomic E-state index is 8.90. The minimum absolute atomic E-state index is 0.0412. The molecule has 1 aromatic heterocycles. The number of benzene rings is 1. The Morgan fingerprint density at radius 1 is 1.33 bits per heavy atom. The molecule has 0 bridgehead atoms. The number of aromatic nitrogens is 2. The molecule has 2 rings (SSSR count). The van der Waals surface area contributed by atoms with Gasteiger partial charge in [0.1, 0.15) is 0 Å². The summed E-state index contributed by atoms with van der Waals surface area (Å²) in [4.78, 5) is 2.33. The highest BCUT2D eigenvalue weighted by Crippen LogP contribution is 2.25. The molecule has 0 saturated heterocycles. The number of nitriles is 1. The second kappa shape index (κ2) is 7.29. The molecule has 1 aromatic carbocycles. The monoisotopic (exact) mass is 344 g/mol. The number of rotatable bonds is 5. The molecule has 24 heavy (non-hydrogen) atoms. The van der Waals surface area contributed by atoms with E-state index in [2.05, 4.69) is 44.1 Å². The molecule has 1 unspecified atom stereocenters. The van der Waals surface area contributed by atoms with Crippen LogP contribution in [0.2, 0.25) is 0 Å². The van der Waals surface area contributed by atoms with Crippen LogP contribution in [0.5, 0.6) is 0 Å². The van der Waals surface area contributed by atoms with Gasteiger partial charge in [-0.25, -0.2) is 4.68 Å². The Hall–Kier alpha value is -1.97. The lowest BCUT2D eigenvalue weighted by molar-refractivity contribution is 0.233. The Morgan fingerprint density at radius 2 is 1.96 bits per heavy atom. The molecule has 0 aliphatic rings. The Morgan fingerprint density at radius 3 is 2.50 bits per heavy atom. The summed E-state index contributed by atoms with van der Waals surface area (Å²) in [6.45, 7) is 9.58. The normalized spacial score (nSPS) is 13.0. The van der Waals surface area contributed by atoms with Crippen molar-refractivity contribution >= 4 is 12.2 Å². The van der Waals surface area contributed by atoms with Crippen molar-refractivity contribution in [1.29, 1.82) is 5.26 Å². The summed E-state index contributed by atoms with van der Waals surface area (Å²) in [7, 11) is 1.93. The van der Waals surface area contributed by atoms with Gasteiger partial charge in [0, 0.05) is 12.1 Å². The second-order valence-electron chi connectivity index (χ2n) is 7.21. The fourth-order valence-electron chi connectivity index (χ4n) is 2.42. The third-order valence-corrected chi connectivity index (χ3v) is 4.08. The standard InChI is InChI=1S/C18H24N4OS/c1-13(10-19)11-21(5)12-22-17(24)23-16(20-22)14-6-8-15(9-7-14)18(2,3)4/h6-9,13H,11-12H2,1-5H3. The highest BCUT2D eigenvalue weighted by atomic mass is 32.1. The molecular weight excluding hydrogens is 320 g/mol. The predicted octanol–water partition coefficient (Wildman–Crippen LogP) is 4.22. The molecule has 0 saturated carbocycles. The zero-order valence-corrected chi connectivity index (χ0v) is 15.7. The van der Waals surface area contributed by atoms with E-state index in [0.29, 0.717) is 23.9 Å². The molecule has 2 aromatic rings. The van der Waals surface area contributed by atoms with E-state index in [0.717, 1.165) is 5.56 Å². The maximum Gasteiger partial charge on any atom is 0.288 e. The highest BCUT2D eigenvalue weighted by molar-refractivity contribution is 7.71. The maximum absolute atomic E-state index is 8.90. The van der Waals surface area contributed by atoms with Crippen LogP contribution in [-0.4, -0.2) is 28.3 Å².